The molecule has 1 saturated carbocycles. The molecule has 2 heterocycles. The zero-order valence-corrected chi connectivity index (χ0v) is 8.89. The summed E-state index contributed by atoms with van der Waals surface area (Å²) in [6.45, 7) is 1.83. The van der Waals surface area contributed by atoms with E-state index in [1.807, 2.05) is 0 Å². The Balaban J connectivity index is 1.73. The number of hydrogen-bond acceptors (Lipinski definition) is 2. The SMILES string of the molecule is C1CCC2(CC1)CC1(CCCO1)CO2. The Hall–Kier alpha value is -0.0800. The normalized spacial score (nSPS) is 41.1. The van der Waals surface area contributed by atoms with Crippen LogP contribution in [0.15, 0.2) is 0 Å². The Bertz CT molecular complexity index is 212. The van der Waals surface area contributed by atoms with Crippen LogP contribution in [0.25, 0.3) is 0 Å². The minimum atomic E-state index is 0.136. The summed E-state index contributed by atoms with van der Waals surface area (Å²) in [5.74, 6) is 0. The van der Waals surface area contributed by atoms with E-state index in [9.17, 15) is 0 Å². The van der Waals surface area contributed by atoms with Gasteiger partial charge in [0.05, 0.1) is 17.8 Å². The van der Waals surface area contributed by atoms with E-state index in [-0.39, 0.29) is 11.2 Å². The van der Waals surface area contributed by atoms with E-state index in [4.69, 9.17) is 9.47 Å². The molecule has 2 saturated heterocycles. The van der Waals surface area contributed by atoms with Crippen LogP contribution >= 0.6 is 0 Å². The highest BCUT2D eigenvalue weighted by Crippen LogP contribution is 2.48. The van der Waals surface area contributed by atoms with Gasteiger partial charge in [-0.25, -0.2) is 0 Å². The summed E-state index contributed by atoms with van der Waals surface area (Å²) in [5.41, 5.74) is 0.361. The first kappa shape index (κ1) is 9.17. The summed E-state index contributed by atoms with van der Waals surface area (Å²) in [5, 5.41) is 0. The van der Waals surface area contributed by atoms with Crippen LogP contribution in [0.2, 0.25) is 0 Å². The van der Waals surface area contributed by atoms with Crippen LogP contribution in [0.1, 0.15) is 51.4 Å². The molecule has 0 aromatic rings. The van der Waals surface area contributed by atoms with Gasteiger partial charge in [-0.05, 0) is 25.7 Å². The van der Waals surface area contributed by atoms with Crippen LogP contribution in [0.3, 0.4) is 0 Å². The van der Waals surface area contributed by atoms with E-state index in [0.29, 0.717) is 0 Å². The van der Waals surface area contributed by atoms with Gasteiger partial charge >= 0.3 is 0 Å². The molecule has 3 rings (SSSR count). The van der Waals surface area contributed by atoms with Gasteiger partial charge < -0.3 is 9.47 Å². The molecule has 1 atom stereocenters. The molecular weight excluding hydrogens is 176 g/mol. The van der Waals surface area contributed by atoms with Gasteiger partial charge in [0.1, 0.15) is 0 Å². The molecule has 0 aromatic carbocycles. The lowest BCUT2D eigenvalue weighted by molar-refractivity contribution is -0.0346. The van der Waals surface area contributed by atoms with Crippen molar-refractivity contribution < 1.29 is 9.47 Å². The Morgan fingerprint density at radius 1 is 0.714 bits per heavy atom. The lowest BCUT2D eigenvalue weighted by Gasteiger charge is -2.33. The topological polar surface area (TPSA) is 18.5 Å². The van der Waals surface area contributed by atoms with Crippen LogP contribution in [0, 0.1) is 0 Å². The van der Waals surface area contributed by atoms with Crippen molar-refractivity contribution in [2.24, 2.45) is 0 Å². The van der Waals surface area contributed by atoms with Crippen molar-refractivity contribution in [3.8, 4) is 0 Å². The minimum Gasteiger partial charge on any atom is -0.372 e. The molecule has 0 N–H and O–H groups in total. The van der Waals surface area contributed by atoms with Gasteiger partial charge in [0.25, 0.3) is 0 Å². The Morgan fingerprint density at radius 3 is 2.21 bits per heavy atom. The highest BCUT2D eigenvalue weighted by molar-refractivity contribution is 5.01. The average molecular weight is 196 g/mol. The first-order valence-corrected chi connectivity index (χ1v) is 6.11. The van der Waals surface area contributed by atoms with Gasteiger partial charge in [-0.3, -0.25) is 0 Å². The molecule has 14 heavy (non-hydrogen) atoms. The van der Waals surface area contributed by atoms with Gasteiger partial charge in [-0.15, -0.1) is 0 Å². The second-order valence-electron chi connectivity index (χ2n) is 5.34. The first-order chi connectivity index (χ1) is 6.83. The lowest BCUT2D eigenvalue weighted by Crippen LogP contribution is -2.34. The van der Waals surface area contributed by atoms with E-state index < -0.39 is 0 Å². The Kier molecular flexibility index (Phi) is 2.10. The van der Waals surface area contributed by atoms with Crippen LogP contribution in [0.4, 0.5) is 0 Å². The van der Waals surface area contributed by atoms with E-state index >= 15 is 0 Å². The number of ether oxygens (including phenoxy) is 2. The third-order valence-corrected chi connectivity index (χ3v) is 4.24. The highest BCUT2D eigenvalue weighted by Gasteiger charge is 2.51. The average Bonchev–Trinajstić information content (AvgIpc) is 2.78. The largest absolute Gasteiger partial charge is 0.372 e. The van der Waals surface area contributed by atoms with Crippen molar-refractivity contribution in [2.75, 3.05) is 13.2 Å². The molecule has 0 bridgehead atoms. The van der Waals surface area contributed by atoms with Gasteiger partial charge in [-0.1, -0.05) is 19.3 Å². The van der Waals surface area contributed by atoms with Crippen LogP contribution < -0.4 is 0 Å². The molecule has 3 aliphatic rings. The van der Waals surface area contributed by atoms with Crippen molar-refractivity contribution in [3.05, 3.63) is 0 Å². The zero-order valence-electron chi connectivity index (χ0n) is 8.89. The summed E-state index contributed by atoms with van der Waals surface area (Å²) in [6.07, 6.45) is 10.3. The highest BCUT2D eigenvalue weighted by atomic mass is 16.6. The Labute approximate surface area is 86.0 Å². The molecule has 2 nitrogen and oxygen atoms in total. The number of rotatable bonds is 0. The van der Waals surface area contributed by atoms with Gasteiger partial charge in [0.15, 0.2) is 0 Å². The van der Waals surface area contributed by atoms with E-state index in [1.54, 1.807) is 0 Å². The van der Waals surface area contributed by atoms with Crippen LogP contribution in [0.5, 0.6) is 0 Å². The minimum absolute atomic E-state index is 0.136. The fourth-order valence-electron chi connectivity index (χ4n) is 3.50. The zero-order chi connectivity index (χ0) is 9.49. The van der Waals surface area contributed by atoms with Crippen LogP contribution in [-0.4, -0.2) is 24.4 Å². The third-order valence-electron chi connectivity index (χ3n) is 4.24. The molecule has 0 aromatic heterocycles. The van der Waals surface area contributed by atoms with E-state index in [0.717, 1.165) is 13.2 Å². The molecule has 0 amide bonds. The molecular formula is C12H20O2. The quantitative estimate of drug-likeness (QED) is 0.593. The molecule has 2 aliphatic heterocycles. The van der Waals surface area contributed by atoms with Gasteiger partial charge in [-0.2, -0.15) is 0 Å². The van der Waals surface area contributed by atoms with Gasteiger partial charge in [0, 0.05) is 13.0 Å². The maximum absolute atomic E-state index is 6.09. The number of hydrogen-bond donors (Lipinski definition) is 0. The fourth-order valence-corrected chi connectivity index (χ4v) is 3.50. The second-order valence-corrected chi connectivity index (χ2v) is 5.34. The molecule has 80 valence electrons. The fraction of sp³-hybridized carbons (Fsp3) is 1.00. The van der Waals surface area contributed by atoms with Crippen molar-refractivity contribution in [3.63, 3.8) is 0 Å². The van der Waals surface area contributed by atoms with Crippen molar-refractivity contribution >= 4 is 0 Å². The summed E-state index contributed by atoms with van der Waals surface area (Å²) >= 11 is 0. The van der Waals surface area contributed by atoms with E-state index in [2.05, 4.69) is 0 Å². The van der Waals surface area contributed by atoms with E-state index in [1.165, 1.54) is 51.4 Å². The molecule has 3 fully saturated rings. The van der Waals surface area contributed by atoms with Crippen LogP contribution in [-0.2, 0) is 9.47 Å². The monoisotopic (exact) mass is 196 g/mol. The molecule has 0 radical (unpaired) electrons. The predicted octanol–water partition coefficient (Wildman–Crippen LogP) is 2.66. The predicted molar refractivity (Wildman–Crippen MR) is 54.3 cm³/mol. The summed E-state index contributed by atoms with van der Waals surface area (Å²) in [6, 6.07) is 0. The third kappa shape index (κ3) is 1.40. The van der Waals surface area contributed by atoms with Crippen molar-refractivity contribution in [1.82, 2.24) is 0 Å². The summed E-state index contributed by atoms with van der Waals surface area (Å²) in [4.78, 5) is 0. The molecule has 2 spiro atoms. The molecule has 1 aliphatic carbocycles. The summed E-state index contributed by atoms with van der Waals surface area (Å²) in [7, 11) is 0. The maximum atomic E-state index is 6.09. The van der Waals surface area contributed by atoms with Gasteiger partial charge in [0.2, 0.25) is 0 Å². The lowest BCUT2D eigenvalue weighted by atomic mass is 9.79. The smallest absolute Gasteiger partial charge is 0.0943 e. The molecule has 1 unspecified atom stereocenters. The second kappa shape index (κ2) is 3.21. The maximum Gasteiger partial charge on any atom is 0.0943 e. The first-order valence-electron chi connectivity index (χ1n) is 6.11. The van der Waals surface area contributed by atoms with Crippen molar-refractivity contribution in [2.45, 2.75) is 62.6 Å². The Morgan fingerprint density at radius 2 is 1.50 bits per heavy atom. The molecule has 2 heteroatoms. The standard InChI is InChI=1S/C12H20O2/c1-2-5-11(6-3-1)9-12(10-14-11)7-4-8-13-12/h1-10H2. The van der Waals surface area contributed by atoms with Crippen molar-refractivity contribution in [1.29, 1.82) is 0 Å². The summed E-state index contributed by atoms with van der Waals surface area (Å²) < 4.78 is 12.0.